The van der Waals surface area contributed by atoms with Gasteiger partial charge in [-0.2, -0.15) is 0 Å². The number of amides is 1. The van der Waals surface area contributed by atoms with Gasteiger partial charge < -0.3 is 14.4 Å². The molecule has 0 bridgehead atoms. The van der Waals surface area contributed by atoms with Gasteiger partial charge in [-0.05, 0) is 35.7 Å². The van der Waals surface area contributed by atoms with Crippen molar-refractivity contribution >= 4 is 40.6 Å². The van der Waals surface area contributed by atoms with Crippen molar-refractivity contribution in [3.63, 3.8) is 0 Å². The Bertz CT molecular complexity index is 761. The number of carbonyl (C=O) groups excluding carboxylic acids is 3. The molecule has 1 heterocycles. The molecule has 0 saturated heterocycles. The summed E-state index contributed by atoms with van der Waals surface area (Å²) in [5.41, 5.74) is 0. The van der Waals surface area contributed by atoms with Gasteiger partial charge in [0.15, 0.2) is 12.4 Å². The molecule has 144 valence electrons. The van der Waals surface area contributed by atoms with Gasteiger partial charge in [0.25, 0.3) is 5.91 Å². The summed E-state index contributed by atoms with van der Waals surface area (Å²) in [6, 6.07) is 10.4. The number of hydrogen-bond acceptors (Lipinski definition) is 6. The van der Waals surface area contributed by atoms with Gasteiger partial charge >= 0.3 is 5.97 Å². The fourth-order valence-corrected chi connectivity index (χ4v) is 2.88. The highest BCUT2D eigenvalue weighted by Gasteiger charge is 2.14. The molecule has 0 aliphatic carbocycles. The van der Waals surface area contributed by atoms with Crippen LogP contribution in [0.3, 0.4) is 0 Å². The van der Waals surface area contributed by atoms with Crippen molar-refractivity contribution in [2.75, 3.05) is 26.8 Å². The Kier molecular flexibility index (Phi) is 8.29. The van der Waals surface area contributed by atoms with E-state index in [9.17, 15) is 14.4 Å². The second kappa shape index (κ2) is 10.7. The van der Waals surface area contributed by atoms with Crippen LogP contribution in [0.4, 0.5) is 0 Å². The van der Waals surface area contributed by atoms with Gasteiger partial charge in [0, 0.05) is 18.5 Å². The second-order valence-corrected chi connectivity index (χ2v) is 7.06. The van der Waals surface area contributed by atoms with E-state index >= 15 is 0 Å². The highest BCUT2D eigenvalue weighted by atomic mass is 35.5. The van der Waals surface area contributed by atoms with Crippen LogP contribution in [0, 0.1) is 0 Å². The first-order valence-corrected chi connectivity index (χ1v) is 9.56. The van der Waals surface area contributed by atoms with Gasteiger partial charge in [-0.1, -0.05) is 17.7 Å². The van der Waals surface area contributed by atoms with E-state index in [2.05, 4.69) is 0 Å². The van der Waals surface area contributed by atoms with Crippen molar-refractivity contribution in [3.05, 3.63) is 51.7 Å². The van der Waals surface area contributed by atoms with E-state index < -0.39 is 5.97 Å². The Morgan fingerprint density at radius 2 is 1.85 bits per heavy atom. The molecule has 0 unspecified atom stereocenters. The summed E-state index contributed by atoms with van der Waals surface area (Å²) in [5, 5.41) is 2.42. The van der Waals surface area contributed by atoms with Crippen LogP contribution in [0.1, 0.15) is 22.5 Å². The zero-order chi connectivity index (χ0) is 19.6. The number of nitrogens with zero attached hydrogens (tertiary/aromatic N) is 1. The van der Waals surface area contributed by atoms with Gasteiger partial charge in [-0.25, -0.2) is 0 Å². The minimum Gasteiger partial charge on any atom is -0.492 e. The number of thiophene rings is 1. The van der Waals surface area contributed by atoms with E-state index in [0.29, 0.717) is 28.8 Å². The van der Waals surface area contributed by atoms with Crippen LogP contribution < -0.4 is 4.74 Å². The van der Waals surface area contributed by atoms with E-state index in [1.807, 2.05) is 0 Å². The summed E-state index contributed by atoms with van der Waals surface area (Å²) in [7, 11) is 1.60. The Balaban J connectivity index is 1.61. The van der Waals surface area contributed by atoms with E-state index in [4.69, 9.17) is 21.1 Å². The maximum absolute atomic E-state index is 12.0. The number of esters is 1. The van der Waals surface area contributed by atoms with Crippen molar-refractivity contribution < 1.29 is 23.9 Å². The molecule has 0 saturated carbocycles. The Morgan fingerprint density at radius 3 is 2.52 bits per heavy atom. The highest BCUT2D eigenvalue weighted by Crippen LogP contribution is 2.15. The molecule has 1 aromatic heterocycles. The summed E-state index contributed by atoms with van der Waals surface area (Å²) in [5.74, 6) is -0.362. The number of rotatable bonds is 10. The molecule has 6 nitrogen and oxygen atoms in total. The minimum atomic E-state index is -0.570. The number of benzene rings is 1. The smallest absolute Gasteiger partial charge is 0.306 e. The maximum Gasteiger partial charge on any atom is 0.306 e. The van der Waals surface area contributed by atoms with Crippen LogP contribution in [0.2, 0.25) is 5.02 Å². The number of likely N-dealkylation sites (N-methyl/N-ethyl adjacent to an activating group) is 1. The van der Waals surface area contributed by atoms with Crippen molar-refractivity contribution in [3.8, 4) is 5.75 Å². The molecule has 2 aromatic rings. The molecule has 0 N–H and O–H groups in total. The SMILES string of the molecule is CN(CCOc1ccc(Cl)cc1)C(=O)COC(=O)CCC(=O)c1cccs1. The number of ketones is 1. The average molecular weight is 410 g/mol. The fourth-order valence-electron chi connectivity index (χ4n) is 2.06. The summed E-state index contributed by atoms with van der Waals surface area (Å²) in [6.07, 6.45) is 0.0196. The van der Waals surface area contributed by atoms with Gasteiger partial charge in [0.2, 0.25) is 0 Å². The first-order valence-electron chi connectivity index (χ1n) is 8.30. The minimum absolute atomic E-state index is 0.0482. The predicted octanol–water partition coefficient (Wildman–Crippen LogP) is 3.45. The predicted molar refractivity (Wildman–Crippen MR) is 103 cm³/mol. The maximum atomic E-state index is 12.0. The Hall–Kier alpha value is -2.38. The molecular formula is C19H20ClNO5S. The third-order valence-corrected chi connectivity index (χ3v) is 4.81. The molecule has 1 amide bonds. The molecule has 0 aliphatic heterocycles. The van der Waals surface area contributed by atoms with Crippen molar-refractivity contribution in [2.45, 2.75) is 12.8 Å². The molecule has 1 aromatic carbocycles. The molecule has 0 aliphatic rings. The molecule has 27 heavy (non-hydrogen) atoms. The largest absolute Gasteiger partial charge is 0.492 e. The van der Waals surface area contributed by atoms with Crippen molar-refractivity contribution in [2.24, 2.45) is 0 Å². The molecule has 0 atom stereocenters. The molecule has 8 heteroatoms. The molecule has 0 spiro atoms. The van der Waals surface area contributed by atoms with Gasteiger partial charge in [0.05, 0.1) is 17.8 Å². The third kappa shape index (κ3) is 7.40. The summed E-state index contributed by atoms with van der Waals surface area (Å²) >= 11 is 7.13. The van der Waals surface area contributed by atoms with E-state index in [1.54, 1.807) is 48.8 Å². The first kappa shape index (κ1) is 20.9. The zero-order valence-corrected chi connectivity index (χ0v) is 16.4. The Morgan fingerprint density at radius 1 is 1.11 bits per heavy atom. The van der Waals surface area contributed by atoms with Crippen LogP contribution >= 0.6 is 22.9 Å². The van der Waals surface area contributed by atoms with Crippen LogP contribution in [0.15, 0.2) is 41.8 Å². The lowest BCUT2D eigenvalue weighted by Crippen LogP contribution is -2.34. The lowest BCUT2D eigenvalue weighted by atomic mass is 10.2. The lowest BCUT2D eigenvalue weighted by molar-refractivity contribution is -0.151. The first-order chi connectivity index (χ1) is 13.0. The Labute approximate surface area is 166 Å². The monoisotopic (exact) mass is 409 g/mol. The second-order valence-electron chi connectivity index (χ2n) is 5.68. The number of Topliss-reactive ketones (excluding diaryl/α,β-unsaturated/α-hetero) is 1. The highest BCUT2D eigenvalue weighted by molar-refractivity contribution is 7.12. The average Bonchev–Trinajstić information content (AvgIpc) is 3.20. The van der Waals surface area contributed by atoms with Crippen LogP contribution in [-0.2, 0) is 14.3 Å². The quantitative estimate of drug-likeness (QED) is 0.444. The van der Waals surface area contributed by atoms with Crippen LogP contribution in [-0.4, -0.2) is 49.4 Å². The van der Waals surface area contributed by atoms with Crippen LogP contribution in [0.5, 0.6) is 5.75 Å². The van der Waals surface area contributed by atoms with Crippen molar-refractivity contribution in [1.82, 2.24) is 4.90 Å². The normalized spacial score (nSPS) is 10.3. The standard InChI is InChI=1S/C19H20ClNO5S/c1-21(10-11-25-15-6-4-14(20)5-7-15)18(23)13-26-19(24)9-8-16(22)17-3-2-12-27-17/h2-7,12H,8-11,13H2,1H3. The fraction of sp³-hybridized carbons (Fsp3) is 0.316. The van der Waals surface area contributed by atoms with Gasteiger partial charge in [-0.15, -0.1) is 11.3 Å². The van der Waals surface area contributed by atoms with E-state index in [1.165, 1.54) is 16.2 Å². The summed E-state index contributed by atoms with van der Waals surface area (Å²) in [4.78, 5) is 37.5. The van der Waals surface area contributed by atoms with Gasteiger partial charge in [0.1, 0.15) is 12.4 Å². The number of halogens is 1. The lowest BCUT2D eigenvalue weighted by Gasteiger charge is -2.17. The summed E-state index contributed by atoms with van der Waals surface area (Å²) in [6.45, 7) is 0.284. The molecule has 2 rings (SSSR count). The van der Waals surface area contributed by atoms with Gasteiger partial charge in [-0.3, -0.25) is 14.4 Å². The van der Waals surface area contributed by atoms with E-state index in [0.717, 1.165) is 0 Å². The molecule has 0 radical (unpaired) electrons. The van der Waals surface area contributed by atoms with E-state index in [-0.39, 0.29) is 31.1 Å². The number of ether oxygens (including phenoxy) is 2. The summed E-state index contributed by atoms with van der Waals surface area (Å²) < 4.78 is 10.4. The number of carbonyl (C=O) groups is 3. The van der Waals surface area contributed by atoms with Crippen molar-refractivity contribution in [1.29, 1.82) is 0 Å². The third-order valence-electron chi connectivity index (χ3n) is 3.64. The number of hydrogen-bond donors (Lipinski definition) is 0. The molecule has 0 fully saturated rings. The topological polar surface area (TPSA) is 72.9 Å². The molecular weight excluding hydrogens is 390 g/mol. The zero-order valence-electron chi connectivity index (χ0n) is 14.9. The van der Waals surface area contributed by atoms with Crippen LogP contribution in [0.25, 0.3) is 0 Å².